The van der Waals surface area contributed by atoms with Crippen LogP contribution in [0.2, 0.25) is 0 Å². The number of carbonyl (C=O) groups excluding carboxylic acids is 1. The Kier molecular flexibility index (Phi) is 5.87. The summed E-state index contributed by atoms with van der Waals surface area (Å²) in [5.41, 5.74) is 0.998. The van der Waals surface area contributed by atoms with E-state index in [0.29, 0.717) is 24.7 Å². The Morgan fingerprint density at radius 1 is 1.29 bits per heavy atom. The fraction of sp³-hybridized carbons (Fsp3) is 0.562. The zero-order chi connectivity index (χ0) is 15.1. The van der Waals surface area contributed by atoms with Gasteiger partial charge in [-0.05, 0) is 32.9 Å². The van der Waals surface area contributed by atoms with Gasteiger partial charge in [0, 0.05) is 25.2 Å². The first-order chi connectivity index (χ1) is 10.3. The van der Waals surface area contributed by atoms with Gasteiger partial charge in [-0.15, -0.1) is 0 Å². The Morgan fingerprint density at radius 2 is 2.05 bits per heavy atom. The third-order valence-electron chi connectivity index (χ3n) is 3.53. The van der Waals surface area contributed by atoms with E-state index >= 15 is 0 Å². The molecule has 1 aromatic carbocycles. The number of nitrogens with one attached hydrogen (secondary N) is 1. The Balaban J connectivity index is 2.06. The van der Waals surface area contributed by atoms with Crippen LogP contribution >= 0.6 is 0 Å². The van der Waals surface area contributed by atoms with E-state index in [1.54, 1.807) is 0 Å². The summed E-state index contributed by atoms with van der Waals surface area (Å²) in [5.74, 6) is 1.41. The van der Waals surface area contributed by atoms with Crippen LogP contribution in [0, 0.1) is 0 Å². The van der Waals surface area contributed by atoms with Crippen LogP contribution in [0.4, 0.5) is 0 Å². The summed E-state index contributed by atoms with van der Waals surface area (Å²) >= 11 is 0. The first-order valence-corrected chi connectivity index (χ1v) is 7.56. The molecule has 21 heavy (non-hydrogen) atoms. The molecule has 1 saturated heterocycles. The number of likely N-dealkylation sites (tertiary alicyclic amines) is 1. The van der Waals surface area contributed by atoms with Gasteiger partial charge in [0.1, 0.15) is 0 Å². The molecule has 1 heterocycles. The molecular formula is C16H24N2O3. The van der Waals surface area contributed by atoms with Crippen molar-refractivity contribution in [2.45, 2.75) is 26.3 Å². The zero-order valence-corrected chi connectivity index (χ0v) is 12.9. The van der Waals surface area contributed by atoms with Gasteiger partial charge in [0.25, 0.3) is 5.91 Å². The van der Waals surface area contributed by atoms with Crippen molar-refractivity contribution < 1.29 is 14.3 Å². The lowest BCUT2D eigenvalue weighted by molar-refractivity contribution is -0.132. The molecule has 0 unspecified atom stereocenters. The summed E-state index contributed by atoms with van der Waals surface area (Å²) in [4.78, 5) is 14.0. The molecule has 0 aromatic heterocycles. The van der Waals surface area contributed by atoms with Crippen molar-refractivity contribution in [3.63, 3.8) is 0 Å². The number of ether oxygens (including phenoxy) is 2. The van der Waals surface area contributed by atoms with Gasteiger partial charge in [-0.2, -0.15) is 0 Å². The van der Waals surface area contributed by atoms with E-state index < -0.39 is 0 Å². The largest absolute Gasteiger partial charge is 0.490 e. The SMILES string of the molecule is CCOc1cccc(CNC)c1OCC(=O)N1CCCC1. The van der Waals surface area contributed by atoms with E-state index in [1.165, 1.54) is 0 Å². The van der Waals surface area contributed by atoms with Crippen LogP contribution < -0.4 is 14.8 Å². The minimum absolute atomic E-state index is 0.0502. The first kappa shape index (κ1) is 15.6. The predicted molar refractivity (Wildman–Crippen MR) is 81.7 cm³/mol. The number of hydrogen-bond donors (Lipinski definition) is 1. The summed E-state index contributed by atoms with van der Waals surface area (Å²) in [6, 6.07) is 5.79. The van der Waals surface area contributed by atoms with Crippen molar-refractivity contribution in [1.29, 1.82) is 0 Å². The van der Waals surface area contributed by atoms with Gasteiger partial charge in [-0.25, -0.2) is 0 Å². The zero-order valence-electron chi connectivity index (χ0n) is 12.9. The Labute approximate surface area is 126 Å². The molecule has 0 radical (unpaired) electrons. The Morgan fingerprint density at radius 3 is 2.71 bits per heavy atom. The molecule has 2 rings (SSSR count). The van der Waals surface area contributed by atoms with Crippen molar-refractivity contribution in [2.24, 2.45) is 0 Å². The molecule has 1 aliphatic rings. The van der Waals surface area contributed by atoms with Crippen molar-refractivity contribution in [1.82, 2.24) is 10.2 Å². The number of benzene rings is 1. The van der Waals surface area contributed by atoms with Crippen LogP contribution in [0.1, 0.15) is 25.3 Å². The van der Waals surface area contributed by atoms with Crippen LogP contribution in [0.3, 0.4) is 0 Å². The number of para-hydroxylation sites is 1. The molecule has 0 bridgehead atoms. The molecule has 0 spiro atoms. The van der Waals surface area contributed by atoms with Gasteiger partial charge in [-0.1, -0.05) is 12.1 Å². The van der Waals surface area contributed by atoms with Crippen LogP contribution in [-0.2, 0) is 11.3 Å². The summed E-state index contributed by atoms with van der Waals surface area (Å²) in [6.45, 7) is 4.94. The van der Waals surface area contributed by atoms with Gasteiger partial charge in [0.05, 0.1) is 6.61 Å². The van der Waals surface area contributed by atoms with Crippen molar-refractivity contribution in [3.8, 4) is 11.5 Å². The molecular weight excluding hydrogens is 268 g/mol. The van der Waals surface area contributed by atoms with E-state index in [4.69, 9.17) is 9.47 Å². The fourth-order valence-corrected chi connectivity index (χ4v) is 2.52. The lowest BCUT2D eigenvalue weighted by Gasteiger charge is -2.18. The second-order valence-electron chi connectivity index (χ2n) is 5.08. The quantitative estimate of drug-likeness (QED) is 0.832. The van der Waals surface area contributed by atoms with Gasteiger partial charge in [0.15, 0.2) is 18.1 Å². The standard InChI is InChI=1S/C16H24N2O3/c1-3-20-14-8-6-7-13(11-17-2)16(14)21-12-15(19)18-9-4-5-10-18/h6-8,17H,3-5,9-12H2,1-2H3. The fourth-order valence-electron chi connectivity index (χ4n) is 2.52. The van der Waals surface area contributed by atoms with Gasteiger partial charge in [0.2, 0.25) is 0 Å². The average Bonchev–Trinajstić information content (AvgIpc) is 3.01. The second kappa shape index (κ2) is 7.88. The third-order valence-corrected chi connectivity index (χ3v) is 3.53. The number of rotatable bonds is 7. The Bertz CT molecular complexity index is 446. The van der Waals surface area contributed by atoms with Crippen LogP contribution in [0.25, 0.3) is 0 Å². The van der Waals surface area contributed by atoms with Gasteiger partial charge in [-0.3, -0.25) is 4.79 Å². The highest BCUT2D eigenvalue weighted by atomic mass is 16.5. The van der Waals surface area contributed by atoms with E-state index in [1.807, 2.05) is 37.1 Å². The van der Waals surface area contributed by atoms with E-state index in [2.05, 4.69) is 5.32 Å². The lowest BCUT2D eigenvalue weighted by Crippen LogP contribution is -2.32. The van der Waals surface area contributed by atoms with Crippen molar-refractivity contribution in [2.75, 3.05) is 33.4 Å². The molecule has 1 N–H and O–H groups in total. The predicted octanol–water partition coefficient (Wildman–Crippen LogP) is 1.81. The summed E-state index contributed by atoms with van der Waals surface area (Å²) in [6.07, 6.45) is 2.18. The average molecular weight is 292 g/mol. The highest BCUT2D eigenvalue weighted by Crippen LogP contribution is 2.31. The topological polar surface area (TPSA) is 50.8 Å². The normalized spacial score (nSPS) is 14.3. The lowest BCUT2D eigenvalue weighted by atomic mass is 10.2. The molecule has 0 atom stereocenters. The van der Waals surface area contributed by atoms with Gasteiger partial charge < -0.3 is 19.7 Å². The number of carbonyl (C=O) groups is 1. The smallest absolute Gasteiger partial charge is 0.260 e. The second-order valence-corrected chi connectivity index (χ2v) is 5.08. The minimum Gasteiger partial charge on any atom is -0.490 e. The number of amides is 1. The molecule has 0 aliphatic carbocycles. The Hall–Kier alpha value is -1.75. The number of hydrogen-bond acceptors (Lipinski definition) is 4. The summed E-state index contributed by atoms with van der Waals surface area (Å²) in [7, 11) is 1.88. The van der Waals surface area contributed by atoms with E-state index in [0.717, 1.165) is 31.5 Å². The molecule has 1 fully saturated rings. The molecule has 5 heteroatoms. The van der Waals surface area contributed by atoms with Crippen molar-refractivity contribution >= 4 is 5.91 Å². The molecule has 5 nitrogen and oxygen atoms in total. The highest BCUT2D eigenvalue weighted by molar-refractivity contribution is 5.78. The highest BCUT2D eigenvalue weighted by Gasteiger charge is 2.19. The van der Waals surface area contributed by atoms with E-state index in [-0.39, 0.29) is 12.5 Å². The van der Waals surface area contributed by atoms with Gasteiger partial charge >= 0.3 is 0 Å². The summed E-state index contributed by atoms with van der Waals surface area (Å²) in [5, 5.41) is 3.11. The maximum absolute atomic E-state index is 12.1. The molecule has 1 aromatic rings. The monoisotopic (exact) mass is 292 g/mol. The summed E-state index contributed by atoms with van der Waals surface area (Å²) < 4.78 is 11.4. The first-order valence-electron chi connectivity index (χ1n) is 7.56. The van der Waals surface area contributed by atoms with Crippen LogP contribution in [0.5, 0.6) is 11.5 Å². The molecule has 1 amide bonds. The molecule has 0 saturated carbocycles. The molecule has 1 aliphatic heterocycles. The third kappa shape index (κ3) is 4.11. The van der Waals surface area contributed by atoms with Crippen LogP contribution in [-0.4, -0.2) is 44.2 Å². The minimum atomic E-state index is 0.0502. The maximum atomic E-state index is 12.1. The van der Waals surface area contributed by atoms with Crippen molar-refractivity contribution in [3.05, 3.63) is 23.8 Å². The van der Waals surface area contributed by atoms with Crippen LogP contribution in [0.15, 0.2) is 18.2 Å². The maximum Gasteiger partial charge on any atom is 0.260 e. The number of nitrogens with zero attached hydrogens (tertiary/aromatic N) is 1. The van der Waals surface area contributed by atoms with E-state index in [9.17, 15) is 4.79 Å². The molecule has 116 valence electrons.